The molecule has 16 heavy (non-hydrogen) atoms. The van der Waals surface area contributed by atoms with Crippen molar-refractivity contribution >= 4 is 22.4 Å². The maximum atomic E-state index is 11.2. The van der Waals surface area contributed by atoms with E-state index in [4.69, 9.17) is 5.26 Å². The number of aromatic nitrogens is 1. The smallest absolute Gasteiger partial charge is 0.349 e. The molecular weight excluding hydrogens is 226 g/mol. The lowest BCUT2D eigenvalue weighted by Crippen LogP contribution is -2.22. The number of hydrogen-bond acceptors (Lipinski definition) is 6. The number of hydrogen-bond donors (Lipinski definition) is 0. The summed E-state index contributed by atoms with van der Waals surface area (Å²) in [5.41, 5.74) is 0. The third-order valence-electron chi connectivity index (χ3n) is 1.97. The number of carbonyl (C=O) groups is 1. The molecule has 0 amide bonds. The number of ether oxygens (including phenoxy) is 1. The topological polar surface area (TPSA) is 66.2 Å². The Morgan fingerprint density at radius 2 is 2.50 bits per heavy atom. The van der Waals surface area contributed by atoms with Crippen LogP contribution in [0.15, 0.2) is 6.20 Å². The van der Waals surface area contributed by atoms with E-state index in [-0.39, 0.29) is 11.9 Å². The minimum absolute atomic E-state index is 0.0736. The van der Waals surface area contributed by atoms with E-state index >= 15 is 0 Å². The molecule has 0 saturated carbocycles. The van der Waals surface area contributed by atoms with Gasteiger partial charge >= 0.3 is 5.97 Å². The van der Waals surface area contributed by atoms with Crippen molar-refractivity contribution in [2.75, 3.05) is 25.6 Å². The lowest BCUT2D eigenvalue weighted by molar-refractivity contribution is 0.0606. The Bertz CT molecular complexity index is 410. The fraction of sp³-hybridized carbons (Fsp3) is 0.500. The van der Waals surface area contributed by atoms with Gasteiger partial charge in [0.2, 0.25) is 0 Å². The molecule has 0 fully saturated rings. The second-order valence-corrected chi connectivity index (χ2v) is 4.42. The van der Waals surface area contributed by atoms with Gasteiger partial charge in [-0.15, -0.1) is 0 Å². The number of nitriles is 1. The average molecular weight is 239 g/mol. The van der Waals surface area contributed by atoms with Crippen LogP contribution in [0.4, 0.5) is 5.13 Å². The molecule has 0 aliphatic rings. The highest BCUT2D eigenvalue weighted by Crippen LogP contribution is 2.22. The van der Waals surface area contributed by atoms with E-state index in [2.05, 4.69) is 15.8 Å². The maximum absolute atomic E-state index is 11.2. The quantitative estimate of drug-likeness (QED) is 0.745. The Hall–Kier alpha value is -1.61. The third kappa shape index (κ3) is 2.94. The van der Waals surface area contributed by atoms with Crippen LogP contribution in [0.3, 0.4) is 0 Å². The van der Waals surface area contributed by atoms with Crippen molar-refractivity contribution in [1.82, 2.24) is 4.98 Å². The van der Waals surface area contributed by atoms with Crippen molar-refractivity contribution in [3.63, 3.8) is 0 Å². The average Bonchev–Trinajstić information content (AvgIpc) is 2.77. The molecule has 0 radical (unpaired) electrons. The Kier molecular flexibility index (Phi) is 4.26. The van der Waals surface area contributed by atoms with E-state index in [1.54, 1.807) is 0 Å². The van der Waals surface area contributed by atoms with Crippen LogP contribution in [0.5, 0.6) is 0 Å². The van der Waals surface area contributed by atoms with Gasteiger partial charge < -0.3 is 9.64 Å². The van der Waals surface area contributed by atoms with Gasteiger partial charge in [-0.1, -0.05) is 11.3 Å². The summed E-state index contributed by atoms with van der Waals surface area (Å²) in [7, 11) is 3.18. The van der Waals surface area contributed by atoms with Crippen LogP contribution in [0.2, 0.25) is 0 Å². The molecule has 0 N–H and O–H groups in total. The first-order chi connectivity index (χ1) is 7.58. The first kappa shape index (κ1) is 12.5. The van der Waals surface area contributed by atoms with Gasteiger partial charge in [0.25, 0.3) is 0 Å². The van der Waals surface area contributed by atoms with Crippen LogP contribution < -0.4 is 4.90 Å². The van der Waals surface area contributed by atoms with Crippen molar-refractivity contribution in [3.05, 3.63) is 11.1 Å². The molecule has 1 rings (SSSR count). The zero-order chi connectivity index (χ0) is 12.1. The standard InChI is InChI=1S/C10H13N3O2S/c1-7(4-11)6-13(2)10-12-5-8(16-10)9(14)15-3/h5,7H,6H2,1-3H3. The highest BCUT2D eigenvalue weighted by atomic mass is 32.1. The fourth-order valence-electron chi connectivity index (χ4n) is 1.17. The van der Waals surface area contributed by atoms with Crippen LogP contribution in [0.1, 0.15) is 16.6 Å². The summed E-state index contributed by atoms with van der Waals surface area (Å²) in [6, 6.07) is 2.15. The fourth-order valence-corrected chi connectivity index (χ4v) is 1.97. The predicted octanol–water partition coefficient (Wildman–Crippen LogP) is 1.53. The van der Waals surface area contributed by atoms with Crippen molar-refractivity contribution in [2.45, 2.75) is 6.92 Å². The molecule has 86 valence electrons. The first-order valence-corrected chi connectivity index (χ1v) is 5.55. The summed E-state index contributed by atoms with van der Waals surface area (Å²) < 4.78 is 4.59. The molecule has 0 bridgehead atoms. The predicted molar refractivity (Wildman–Crippen MR) is 61.5 cm³/mol. The number of rotatable bonds is 4. The van der Waals surface area contributed by atoms with Gasteiger partial charge in [0.05, 0.1) is 25.3 Å². The second-order valence-electron chi connectivity index (χ2n) is 3.41. The summed E-state index contributed by atoms with van der Waals surface area (Å²) in [6.07, 6.45) is 1.49. The van der Waals surface area contributed by atoms with Gasteiger partial charge in [-0.05, 0) is 6.92 Å². The Labute approximate surface area is 98.3 Å². The SMILES string of the molecule is COC(=O)c1cnc(N(C)CC(C)C#N)s1. The monoisotopic (exact) mass is 239 g/mol. The molecule has 1 atom stereocenters. The van der Waals surface area contributed by atoms with E-state index in [9.17, 15) is 4.79 Å². The van der Waals surface area contributed by atoms with Gasteiger partial charge in [-0.3, -0.25) is 0 Å². The number of methoxy groups -OCH3 is 1. The highest BCUT2D eigenvalue weighted by Gasteiger charge is 2.14. The summed E-state index contributed by atoms with van der Waals surface area (Å²) >= 11 is 1.26. The Morgan fingerprint density at radius 1 is 1.81 bits per heavy atom. The number of anilines is 1. The lowest BCUT2D eigenvalue weighted by Gasteiger charge is -2.16. The Morgan fingerprint density at radius 3 is 3.06 bits per heavy atom. The maximum Gasteiger partial charge on any atom is 0.349 e. The number of thiazole rings is 1. The normalized spacial score (nSPS) is 11.6. The van der Waals surface area contributed by atoms with Crippen LogP contribution in [0.25, 0.3) is 0 Å². The largest absolute Gasteiger partial charge is 0.465 e. The Balaban J connectivity index is 2.71. The summed E-state index contributed by atoms with van der Waals surface area (Å²) in [6.45, 7) is 2.43. The summed E-state index contributed by atoms with van der Waals surface area (Å²) in [5.74, 6) is -0.457. The van der Waals surface area contributed by atoms with Crippen molar-refractivity contribution in [1.29, 1.82) is 5.26 Å². The molecule has 0 saturated heterocycles. The van der Waals surface area contributed by atoms with E-state index in [1.807, 2.05) is 18.9 Å². The molecule has 1 heterocycles. The summed E-state index contributed by atoms with van der Waals surface area (Å²) in [5, 5.41) is 9.40. The summed E-state index contributed by atoms with van der Waals surface area (Å²) in [4.78, 5) is 17.6. The van der Waals surface area contributed by atoms with E-state index in [0.29, 0.717) is 16.6 Å². The molecule has 0 aliphatic heterocycles. The zero-order valence-corrected chi connectivity index (χ0v) is 10.2. The second kappa shape index (κ2) is 5.47. The van der Waals surface area contributed by atoms with Crippen LogP contribution in [-0.2, 0) is 4.74 Å². The van der Waals surface area contributed by atoms with Crippen molar-refractivity contribution in [2.24, 2.45) is 5.92 Å². The number of esters is 1. The van der Waals surface area contributed by atoms with E-state index in [0.717, 1.165) is 0 Å². The van der Waals surface area contributed by atoms with Crippen molar-refractivity contribution < 1.29 is 9.53 Å². The van der Waals surface area contributed by atoms with Gasteiger partial charge in [-0.2, -0.15) is 5.26 Å². The van der Waals surface area contributed by atoms with Crippen molar-refractivity contribution in [3.8, 4) is 6.07 Å². The third-order valence-corrected chi connectivity index (χ3v) is 3.07. The molecule has 1 aromatic heterocycles. The van der Waals surface area contributed by atoms with Crippen LogP contribution >= 0.6 is 11.3 Å². The van der Waals surface area contributed by atoms with Gasteiger partial charge in [-0.25, -0.2) is 9.78 Å². The molecular formula is C10H13N3O2S. The number of carbonyl (C=O) groups excluding carboxylic acids is 1. The lowest BCUT2D eigenvalue weighted by atomic mass is 10.2. The van der Waals surface area contributed by atoms with E-state index < -0.39 is 0 Å². The molecule has 0 spiro atoms. The van der Waals surface area contributed by atoms with Gasteiger partial charge in [0, 0.05) is 13.6 Å². The molecule has 0 aliphatic carbocycles. The molecule has 1 unspecified atom stereocenters. The van der Waals surface area contributed by atoms with Crippen LogP contribution in [-0.4, -0.2) is 31.7 Å². The minimum atomic E-state index is -0.384. The zero-order valence-electron chi connectivity index (χ0n) is 9.43. The molecule has 0 aromatic carbocycles. The highest BCUT2D eigenvalue weighted by molar-refractivity contribution is 7.17. The van der Waals surface area contributed by atoms with Gasteiger partial charge in [0.1, 0.15) is 4.88 Å². The van der Waals surface area contributed by atoms with E-state index in [1.165, 1.54) is 24.6 Å². The molecule has 6 heteroatoms. The molecule has 5 nitrogen and oxygen atoms in total. The minimum Gasteiger partial charge on any atom is -0.465 e. The first-order valence-electron chi connectivity index (χ1n) is 4.73. The van der Waals surface area contributed by atoms with Crippen LogP contribution in [0, 0.1) is 17.2 Å². The number of nitrogens with zero attached hydrogens (tertiary/aromatic N) is 3. The molecule has 1 aromatic rings. The van der Waals surface area contributed by atoms with Gasteiger partial charge in [0.15, 0.2) is 5.13 Å².